The number of hydrogen-bond donors (Lipinski definition) is 2. The van der Waals surface area contributed by atoms with Crippen molar-refractivity contribution < 1.29 is 9.69 Å². The maximum absolute atomic E-state index is 12.8. The Morgan fingerprint density at radius 2 is 2.00 bits per heavy atom. The summed E-state index contributed by atoms with van der Waals surface area (Å²) in [6.45, 7) is 6.37. The maximum atomic E-state index is 12.8. The molecular formula is C17H20N5O+. The van der Waals surface area contributed by atoms with Gasteiger partial charge in [-0.05, 0) is 6.92 Å². The number of amidine groups is 1. The number of hydrogen-bond acceptors (Lipinski definition) is 4. The standard InChI is InChI=1S/C17H19N5O/c1-2-21-7-9-22(10-8-21)17(23)14(11-18)15-12-5-3-4-6-13(12)16(19)20-15/h3-6H,2,7-10H2,1H3,(H2,19,20)/p+1/b15-14-. The fraction of sp³-hybridized carbons (Fsp3) is 0.353. The molecule has 0 radical (unpaired) electrons. The molecule has 3 N–H and O–H groups in total. The van der Waals surface area contributed by atoms with Crippen molar-refractivity contribution >= 4 is 17.4 Å². The molecule has 1 aromatic rings. The first-order valence-corrected chi connectivity index (χ1v) is 7.86. The van der Waals surface area contributed by atoms with Gasteiger partial charge in [0.05, 0.1) is 38.4 Å². The zero-order chi connectivity index (χ0) is 16.4. The monoisotopic (exact) mass is 310 g/mol. The van der Waals surface area contributed by atoms with Gasteiger partial charge in [0.1, 0.15) is 17.5 Å². The van der Waals surface area contributed by atoms with Crippen LogP contribution in [0.2, 0.25) is 0 Å². The number of piperazine rings is 1. The minimum absolute atomic E-state index is 0.0813. The molecule has 2 aliphatic heterocycles. The van der Waals surface area contributed by atoms with Gasteiger partial charge < -0.3 is 15.5 Å². The first kappa shape index (κ1) is 15.3. The lowest BCUT2D eigenvalue weighted by Gasteiger charge is -2.31. The van der Waals surface area contributed by atoms with Gasteiger partial charge in [-0.1, -0.05) is 24.3 Å². The van der Waals surface area contributed by atoms with Gasteiger partial charge in [0.25, 0.3) is 5.91 Å². The van der Waals surface area contributed by atoms with Gasteiger partial charge in [0.15, 0.2) is 0 Å². The molecule has 0 atom stereocenters. The number of amides is 1. The highest BCUT2D eigenvalue weighted by Gasteiger charge is 2.30. The van der Waals surface area contributed by atoms with E-state index in [9.17, 15) is 10.1 Å². The molecule has 1 aromatic carbocycles. The van der Waals surface area contributed by atoms with E-state index >= 15 is 0 Å². The van der Waals surface area contributed by atoms with Crippen molar-refractivity contribution in [1.29, 1.82) is 5.26 Å². The smallest absolute Gasteiger partial charge is 0.267 e. The Labute approximate surface area is 135 Å². The van der Waals surface area contributed by atoms with Crippen molar-refractivity contribution in [3.8, 4) is 6.07 Å². The van der Waals surface area contributed by atoms with Gasteiger partial charge in [-0.3, -0.25) is 4.79 Å². The summed E-state index contributed by atoms with van der Waals surface area (Å²) in [5, 5.41) is 9.53. The predicted octanol–water partition coefficient (Wildman–Crippen LogP) is -0.613. The van der Waals surface area contributed by atoms with Crippen LogP contribution in [0.5, 0.6) is 0 Å². The summed E-state index contributed by atoms with van der Waals surface area (Å²) in [5.74, 6) is 0.113. The number of carbonyl (C=O) groups is 1. The lowest BCUT2D eigenvalue weighted by atomic mass is 10.0. The van der Waals surface area contributed by atoms with E-state index in [-0.39, 0.29) is 11.5 Å². The predicted molar refractivity (Wildman–Crippen MR) is 87.5 cm³/mol. The van der Waals surface area contributed by atoms with Crippen molar-refractivity contribution in [3.63, 3.8) is 0 Å². The summed E-state index contributed by atoms with van der Waals surface area (Å²) in [6.07, 6.45) is 0. The summed E-state index contributed by atoms with van der Waals surface area (Å²) < 4.78 is 0. The first-order valence-electron chi connectivity index (χ1n) is 7.86. The van der Waals surface area contributed by atoms with Crippen molar-refractivity contribution in [3.05, 3.63) is 41.0 Å². The molecule has 0 spiro atoms. The molecule has 0 aliphatic carbocycles. The number of nitrogens with two attached hydrogens (primary N) is 1. The van der Waals surface area contributed by atoms with Crippen LogP contribution in [0, 0.1) is 11.3 Å². The Bertz CT molecular complexity index is 736. The highest BCUT2D eigenvalue weighted by Crippen LogP contribution is 2.30. The van der Waals surface area contributed by atoms with Crippen molar-refractivity contribution in [2.45, 2.75) is 6.92 Å². The van der Waals surface area contributed by atoms with Gasteiger partial charge in [-0.15, -0.1) is 0 Å². The second kappa shape index (κ2) is 6.23. The lowest BCUT2D eigenvalue weighted by Crippen LogP contribution is -3.14. The first-order chi connectivity index (χ1) is 11.2. The molecular weight excluding hydrogens is 290 g/mol. The van der Waals surface area contributed by atoms with E-state index in [0.717, 1.165) is 30.8 Å². The Kier molecular flexibility index (Phi) is 4.13. The molecule has 6 nitrogen and oxygen atoms in total. The zero-order valence-electron chi connectivity index (χ0n) is 13.2. The Morgan fingerprint density at radius 1 is 1.35 bits per heavy atom. The third-order valence-corrected chi connectivity index (χ3v) is 4.51. The number of fused-ring (bicyclic) bond motifs is 1. The van der Waals surface area contributed by atoms with Crippen LogP contribution in [-0.4, -0.2) is 49.4 Å². The molecule has 0 unspecified atom stereocenters. The maximum Gasteiger partial charge on any atom is 0.267 e. The van der Waals surface area contributed by atoms with Crippen LogP contribution in [0.25, 0.3) is 5.70 Å². The van der Waals surface area contributed by atoms with Crippen LogP contribution in [-0.2, 0) is 4.79 Å². The number of nitriles is 1. The van der Waals surface area contributed by atoms with E-state index in [0.29, 0.717) is 24.6 Å². The van der Waals surface area contributed by atoms with E-state index in [1.807, 2.05) is 30.3 Å². The lowest BCUT2D eigenvalue weighted by molar-refractivity contribution is -0.902. The minimum atomic E-state index is -0.245. The quantitative estimate of drug-likeness (QED) is 0.564. The number of rotatable bonds is 2. The largest absolute Gasteiger partial charge is 0.383 e. The van der Waals surface area contributed by atoms with Gasteiger partial charge in [-0.2, -0.15) is 5.26 Å². The van der Waals surface area contributed by atoms with E-state index in [2.05, 4.69) is 11.9 Å². The number of carbonyl (C=O) groups excluding carboxylic acids is 1. The summed E-state index contributed by atoms with van der Waals surface area (Å²) >= 11 is 0. The number of aliphatic imine (C=N–C) groups is 1. The average Bonchev–Trinajstić information content (AvgIpc) is 2.93. The number of benzene rings is 1. The summed E-state index contributed by atoms with van der Waals surface area (Å²) in [4.78, 5) is 20.3. The van der Waals surface area contributed by atoms with Crippen molar-refractivity contribution in [2.24, 2.45) is 10.7 Å². The van der Waals surface area contributed by atoms with Gasteiger partial charge in [0.2, 0.25) is 0 Å². The number of nitrogens with one attached hydrogen (secondary N) is 1. The molecule has 118 valence electrons. The Hall–Kier alpha value is -2.65. The third-order valence-electron chi connectivity index (χ3n) is 4.51. The molecule has 1 fully saturated rings. The molecule has 1 amide bonds. The SMILES string of the molecule is CC[NH+]1CCN(C(=O)/C(C#N)=C2\N=C(N)c3ccccc32)CC1. The summed E-state index contributed by atoms with van der Waals surface area (Å²) in [5.41, 5.74) is 7.94. The third kappa shape index (κ3) is 2.71. The molecule has 1 saturated heterocycles. The number of likely N-dealkylation sites (N-methyl/N-ethyl adjacent to an activating group) is 1. The van der Waals surface area contributed by atoms with Crippen LogP contribution in [0.15, 0.2) is 34.8 Å². The van der Waals surface area contributed by atoms with E-state index in [1.165, 1.54) is 4.90 Å². The van der Waals surface area contributed by atoms with Gasteiger partial charge in [-0.25, -0.2) is 4.99 Å². The molecule has 23 heavy (non-hydrogen) atoms. The van der Waals surface area contributed by atoms with Crippen LogP contribution in [0.4, 0.5) is 0 Å². The molecule has 2 heterocycles. The highest BCUT2D eigenvalue weighted by atomic mass is 16.2. The highest BCUT2D eigenvalue weighted by molar-refractivity contribution is 6.14. The normalized spacial score (nSPS) is 19.8. The van der Waals surface area contributed by atoms with E-state index in [1.54, 1.807) is 4.90 Å². The molecule has 0 aromatic heterocycles. The molecule has 0 saturated carbocycles. The van der Waals surface area contributed by atoms with Crippen LogP contribution < -0.4 is 10.6 Å². The van der Waals surface area contributed by atoms with Gasteiger partial charge >= 0.3 is 0 Å². The fourth-order valence-electron chi connectivity index (χ4n) is 3.08. The van der Waals surface area contributed by atoms with Crippen LogP contribution in [0.1, 0.15) is 18.1 Å². The minimum Gasteiger partial charge on any atom is -0.383 e. The van der Waals surface area contributed by atoms with Crippen molar-refractivity contribution in [2.75, 3.05) is 32.7 Å². The number of quaternary nitrogens is 1. The molecule has 3 rings (SSSR count). The molecule has 2 aliphatic rings. The summed E-state index contributed by atoms with van der Waals surface area (Å²) in [6, 6.07) is 9.47. The second-order valence-electron chi connectivity index (χ2n) is 5.77. The molecule has 6 heteroatoms. The van der Waals surface area contributed by atoms with E-state index < -0.39 is 0 Å². The fourth-order valence-corrected chi connectivity index (χ4v) is 3.08. The summed E-state index contributed by atoms with van der Waals surface area (Å²) in [7, 11) is 0. The van der Waals surface area contributed by atoms with Gasteiger partial charge in [0, 0.05) is 11.1 Å². The van der Waals surface area contributed by atoms with Crippen LogP contribution >= 0.6 is 0 Å². The zero-order valence-corrected chi connectivity index (χ0v) is 13.2. The van der Waals surface area contributed by atoms with Crippen LogP contribution in [0.3, 0.4) is 0 Å². The topological polar surface area (TPSA) is 86.9 Å². The Balaban J connectivity index is 1.92. The second-order valence-corrected chi connectivity index (χ2v) is 5.77. The number of nitrogens with zero attached hydrogens (tertiary/aromatic N) is 3. The molecule has 0 bridgehead atoms. The Morgan fingerprint density at radius 3 is 2.61 bits per heavy atom. The average molecular weight is 310 g/mol. The van der Waals surface area contributed by atoms with E-state index in [4.69, 9.17) is 5.73 Å². The van der Waals surface area contributed by atoms with Crippen molar-refractivity contribution in [1.82, 2.24) is 4.90 Å².